The summed E-state index contributed by atoms with van der Waals surface area (Å²) in [5.74, 6) is 0.485. The lowest BCUT2D eigenvalue weighted by molar-refractivity contribution is 0.397. The first-order chi connectivity index (χ1) is 14.9. The molecule has 0 spiro atoms. The number of methoxy groups -OCH3 is 1. The van der Waals surface area contributed by atoms with Crippen LogP contribution in [0.1, 0.15) is 0 Å². The van der Waals surface area contributed by atoms with Crippen molar-refractivity contribution in [3.05, 3.63) is 76.0 Å². The van der Waals surface area contributed by atoms with Crippen LogP contribution in [-0.2, 0) is 0 Å². The molecule has 0 radical (unpaired) electrons. The molecule has 0 saturated heterocycles. The minimum Gasteiger partial charge on any atom is -0.504 e. The van der Waals surface area contributed by atoms with E-state index in [1.807, 2.05) is 43.3 Å². The lowest BCUT2D eigenvalue weighted by Crippen LogP contribution is -2.09. The molecule has 0 aliphatic rings. The van der Waals surface area contributed by atoms with Crippen molar-refractivity contribution in [2.75, 3.05) is 26.1 Å². The predicted molar refractivity (Wildman–Crippen MR) is 124 cm³/mol. The Morgan fingerprint density at radius 3 is 2.39 bits per heavy atom. The van der Waals surface area contributed by atoms with Crippen LogP contribution in [-0.4, -0.2) is 31.3 Å². The highest BCUT2D eigenvalue weighted by molar-refractivity contribution is 6.34. The van der Waals surface area contributed by atoms with Crippen LogP contribution >= 0.6 is 11.6 Å². The number of pyridine rings is 1. The van der Waals surface area contributed by atoms with Crippen molar-refractivity contribution in [1.82, 2.24) is 4.98 Å². The summed E-state index contributed by atoms with van der Waals surface area (Å²) in [7, 11) is 5.47. The van der Waals surface area contributed by atoms with Gasteiger partial charge in [0.2, 0.25) is 5.75 Å². The van der Waals surface area contributed by atoms with Gasteiger partial charge in [0.15, 0.2) is 5.75 Å². The lowest BCUT2D eigenvalue weighted by atomic mass is 10.0. The zero-order chi connectivity index (χ0) is 22.1. The summed E-state index contributed by atoms with van der Waals surface area (Å²) in [6.07, 6.45) is 0. The Morgan fingerprint density at radius 2 is 1.71 bits per heavy atom. The third kappa shape index (κ3) is 4.02. The highest BCUT2D eigenvalue weighted by Crippen LogP contribution is 2.39. The van der Waals surface area contributed by atoms with Crippen LogP contribution in [0.25, 0.3) is 22.0 Å². The van der Waals surface area contributed by atoms with E-state index in [1.54, 1.807) is 36.4 Å². The molecule has 158 valence electrons. The van der Waals surface area contributed by atoms with Gasteiger partial charge in [0.05, 0.1) is 17.6 Å². The molecule has 3 aromatic carbocycles. The topological polar surface area (TPSA) is 74.8 Å². The molecule has 31 heavy (non-hydrogen) atoms. The molecule has 0 saturated carbocycles. The maximum atomic E-state index is 12.6. The molecule has 4 rings (SSSR count). The predicted octanol–water partition coefficient (Wildman–Crippen LogP) is 5.42. The number of nitrogens with zero attached hydrogens (tertiary/aromatic N) is 1. The van der Waals surface area contributed by atoms with Gasteiger partial charge in [-0.1, -0.05) is 29.8 Å². The van der Waals surface area contributed by atoms with Crippen molar-refractivity contribution >= 4 is 28.2 Å². The normalized spacial score (nSPS) is 10.8. The number of H-pyrrole nitrogens is 1. The van der Waals surface area contributed by atoms with Crippen molar-refractivity contribution in [2.24, 2.45) is 0 Å². The molecule has 7 heteroatoms. The van der Waals surface area contributed by atoms with E-state index >= 15 is 0 Å². The van der Waals surface area contributed by atoms with Gasteiger partial charge in [0.1, 0.15) is 11.5 Å². The van der Waals surface area contributed by atoms with E-state index in [9.17, 15) is 9.90 Å². The van der Waals surface area contributed by atoms with Gasteiger partial charge in [-0.05, 0) is 42.0 Å². The highest BCUT2D eigenvalue weighted by Gasteiger charge is 2.17. The summed E-state index contributed by atoms with van der Waals surface area (Å²) in [6, 6.07) is 18.0. The molecule has 0 atom stereocenters. The Labute approximate surface area is 184 Å². The molecule has 0 fully saturated rings. The van der Waals surface area contributed by atoms with Gasteiger partial charge >= 0.3 is 0 Å². The van der Waals surface area contributed by atoms with Gasteiger partial charge < -0.3 is 24.5 Å². The standard InChI is InChI=1S/C24H21ClN2O4/c1-27(2)15-9-7-14(8-10-15)18-12-19-21(13-20(18)25)26-24(29)23(22(19)28)31-17-6-4-5-16(11-17)30-3/h4-13H,1-3H3,(H2,26,28,29). The van der Waals surface area contributed by atoms with E-state index in [0.717, 1.165) is 16.8 Å². The summed E-state index contributed by atoms with van der Waals surface area (Å²) in [5, 5.41) is 11.8. The molecule has 0 aliphatic heterocycles. The second-order valence-corrected chi connectivity index (χ2v) is 7.64. The summed E-state index contributed by atoms with van der Waals surface area (Å²) in [4.78, 5) is 17.3. The zero-order valence-electron chi connectivity index (χ0n) is 17.3. The molecular formula is C24H21ClN2O4. The summed E-state index contributed by atoms with van der Waals surface area (Å²) in [5.41, 5.74) is 2.53. The molecule has 0 amide bonds. The first-order valence-electron chi connectivity index (χ1n) is 9.55. The molecule has 1 heterocycles. The Hall–Kier alpha value is -3.64. The first kappa shape index (κ1) is 20.6. The molecule has 1 aromatic heterocycles. The van der Waals surface area contributed by atoms with Gasteiger partial charge in [0.25, 0.3) is 5.56 Å². The van der Waals surface area contributed by atoms with Gasteiger partial charge in [0, 0.05) is 36.8 Å². The number of aromatic amines is 1. The number of fused-ring (bicyclic) bond motifs is 1. The fourth-order valence-electron chi connectivity index (χ4n) is 3.32. The molecule has 2 N–H and O–H groups in total. The zero-order valence-corrected chi connectivity index (χ0v) is 18.0. The Balaban J connectivity index is 1.81. The summed E-state index contributed by atoms with van der Waals surface area (Å²) in [6.45, 7) is 0. The summed E-state index contributed by atoms with van der Waals surface area (Å²) < 4.78 is 10.9. The van der Waals surface area contributed by atoms with E-state index in [0.29, 0.717) is 27.4 Å². The van der Waals surface area contributed by atoms with Crippen LogP contribution in [0.5, 0.6) is 23.0 Å². The van der Waals surface area contributed by atoms with E-state index in [4.69, 9.17) is 21.1 Å². The molecule has 4 aromatic rings. The van der Waals surface area contributed by atoms with Crippen LogP contribution in [0.3, 0.4) is 0 Å². The molecule has 0 unspecified atom stereocenters. The largest absolute Gasteiger partial charge is 0.504 e. The monoisotopic (exact) mass is 436 g/mol. The van der Waals surface area contributed by atoms with E-state index in [-0.39, 0.29) is 11.5 Å². The van der Waals surface area contributed by atoms with E-state index in [2.05, 4.69) is 4.98 Å². The number of nitrogens with one attached hydrogen (secondary N) is 1. The van der Waals surface area contributed by atoms with E-state index < -0.39 is 5.56 Å². The van der Waals surface area contributed by atoms with Crippen LogP contribution in [0.15, 0.2) is 65.5 Å². The molecule has 0 aliphatic carbocycles. The number of anilines is 1. The maximum Gasteiger partial charge on any atom is 0.295 e. The van der Waals surface area contributed by atoms with Crippen LogP contribution in [0.4, 0.5) is 5.69 Å². The molecular weight excluding hydrogens is 416 g/mol. The number of ether oxygens (including phenoxy) is 2. The molecule has 6 nitrogen and oxygen atoms in total. The second kappa shape index (κ2) is 8.24. The van der Waals surface area contributed by atoms with Crippen molar-refractivity contribution in [3.63, 3.8) is 0 Å². The van der Waals surface area contributed by atoms with Crippen LogP contribution in [0.2, 0.25) is 5.02 Å². The van der Waals surface area contributed by atoms with Gasteiger partial charge in [-0.2, -0.15) is 0 Å². The van der Waals surface area contributed by atoms with Crippen molar-refractivity contribution in [1.29, 1.82) is 0 Å². The molecule has 0 bridgehead atoms. The number of hydrogen-bond acceptors (Lipinski definition) is 5. The first-order valence-corrected chi connectivity index (χ1v) is 9.93. The number of halogens is 1. The van der Waals surface area contributed by atoms with Gasteiger partial charge in [-0.3, -0.25) is 4.79 Å². The average molecular weight is 437 g/mol. The van der Waals surface area contributed by atoms with Crippen LogP contribution < -0.4 is 19.9 Å². The van der Waals surface area contributed by atoms with Crippen molar-refractivity contribution in [3.8, 4) is 34.1 Å². The average Bonchev–Trinajstić information content (AvgIpc) is 2.76. The second-order valence-electron chi connectivity index (χ2n) is 7.23. The number of benzene rings is 3. The number of aromatic nitrogens is 1. The fourth-order valence-corrected chi connectivity index (χ4v) is 3.59. The third-order valence-corrected chi connectivity index (χ3v) is 5.30. The van der Waals surface area contributed by atoms with Gasteiger partial charge in [-0.25, -0.2) is 0 Å². The smallest absolute Gasteiger partial charge is 0.295 e. The van der Waals surface area contributed by atoms with Crippen LogP contribution in [0, 0.1) is 0 Å². The Morgan fingerprint density at radius 1 is 1.00 bits per heavy atom. The third-order valence-electron chi connectivity index (χ3n) is 4.99. The Kier molecular flexibility index (Phi) is 5.48. The van der Waals surface area contributed by atoms with Crippen molar-refractivity contribution in [2.45, 2.75) is 0 Å². The van der Waals surface area contributed by atoms with Gasteiger partial charge in [-0.15, -0.1) is 0 Å². The lowest BCUT2D eigenvalue weighted by Gasteiger charge is -2.14. The maximum absolute atomic E-state index is 12.6. The Bertz CT molecular complexity index is 1310. The minimum absolute atomic E-state index is 0.197. The van der Waals surface area contributed by atoms with Crippen molar-refractivity contribution < 1.29 is 14.6 Å². The number of hydrogen-bond donors (Lipinski definition) is 2. The SMILES string of the molecule is COc1cccc(Oc2c(O)c3cc(-c4ccc(N(C)C)cc4)c(Cl)cc3[nH]c2=O)c1. The number of rotatable bonds is 5. The quantitative estimate of drug-likeness (QED) is 0.437. The fraction of sp³-hybridized carbons (Fsp3) is 0.125. The highest BCUT2D eigenvalue weighted by atomic mass is 35.5. The number of aromatic hydroxyl groups is 1. The minimum atomic E-state index is -0.563. The van der Waals surface area contributed by atoms with E-state index in [1.165, 1.54) is 7.11 Å². The summed E-state index contributed by atoms with van der Waals surface area (Å²) >= 11 is 6.49.